The quantitative estimate of drug-likeness (QED) is 0.600. The maximum absolute atomic E-state index is 10.7. The summed E-state index contributed by atoms with van der Waals surface area (Å²) in [4.78, 5) is 10.7. The molecule has 0 radical (unpaired) electrons. The standard InChI is InChI=1S/C9H16O4/c10-5-2-6-13-8(9(11)12)7-3-1-4-7/h7-8,10H,1-6H2,(H,11,12). The van der Waals surface area contributed by atoms with Crippen LogP contribution >= 0.6 is 0 Å². The summed E-state index contributed by atoms with van der Waals surface area (Å²) in [7, 11) is 0. The highest BCUT2D eigenvalue weighted by atomic mass is 16.5. The molecule has 1 aliphatic carbocycles. The molecular weight excluding hydrogens is 172 g/mol. The molecule has 1 rings (SSSR count). The zero-order chi connectivity index (χ0) is 9.68. The first-order valence-electron chi connectivity index (χ1n) is 4.71. The van der Waals surface area contributed by atoms with E-state index in [1.807, 2.05) is 0 Å². The number of ether oxygens (including phenoxy) is 1. The second kappa shape index (κ2) is 5.19. The Bertz CT molecular complexity index is 165. The van der Waals surface area contributed by atoms with Crippen LogP contribution in [0.3, 0.4) is 0 Å². The lowest BCUT2D eigenvalue weighted by molar-refractivity contribution is -0.157. The van der Waals surface area contributed by atoms with Crippen LogP contribution in [0.1, 0.15) is 25.7 Å². The van der Waals surface area contributed by atoms with Gasteiger partial charge in [-0.2, -0.15) is 0 Å². The second-order valence-electron chi connectivity index (χ2n) is 3.40. The fourth-order valence-corrected chi connectivity index (χ4v) is 1.43. The van der Waals surface area contributed by atoms with Crippen molar-refractivity contribution < 1.29 is 19.7 Å². The van der Waals surface area contributed by atoms with Crippen LogP contribution in [0.4, 0.5) is 0 Å². The maximum atomic E-state index is 10.7. The summed E-state index contributed by atoms with van der Waals surface area (Å²) in [6.45, 7) is 0.390. The van der Waals surface area contributed by atoms with Crippen LogP contribution in [0.25, 0.3) is 0 Å². The van der Waals surface area contributed by atoms with Gasteiger partial charge in [-0.05, 0) is 25.2 Å². The van der Waals surface area contributed by atoms with Crippen molar-refractivity contribution in [1.29, 1.82) is 0 Å². The van der Waals surface area contributed by atoms with E-state index >= 15 is 0 Å². The third-order valence-electron chi connectivity index (χ3n) is 2.42. The van der Waals surface area contributed by atoms with Crippen LogP contribution in [0.2, 0.25) is 0 Å². The molecule has 4 nitrogen and oxygen atoms in total. The van der Waals surface area contributed by atoms with Crippen molar-refractivity contribution in [2.45, 2.75) is 31.8 Å². The summed E-state index contributed by atoms with van der Waals surface area (Å²) < 4.78 is 5.19. The molecule has 13 heavy (non-hydrogen) atoms. The number of aliphatic hydroxyl groups excluding tert-OH is 1. The van der Waals surface area contributed by atoms with Crippen molar-refractivity contribution in [3.8, 4) is 0 Å². The van der Waals surface area contributed by atoms with Gasteiger partial charge in [0.2, 0.25) is 0 Å². The molecule has 1 saturated carbocycles. The Morgan fingerprint density at radius 3 is 2.62 bits per heavy atom. The van der Waals surface area contributed by atoms with Crippen LogP contribution in [-0.2, 0) is 9.53 Å². The zero-order valence-corrected chi connectivity index (χ0v) is 7.61. The smallest absolute Gasteiger partial charge is 0.333 e. The first kappa shape index (κ1) is 10.5. The fraction of sp³-hybridized carbons (Fsp3) is 0.889. The van der Waals surface area contributed by atoms with Crippen molar-refractivity contribution in [1.82, 2.24) is 0 Å². The lowest BCUT2D eigenvalue weighted by Crippen LogP contribution is -2.36. The van der Waals surface area contributed by atoms with E-state index in [9.17, 15) is 4.79 Å². The Hall–Kier alpha value is -0.610. The molecule has 0 saturated heterocycles. The van der Waals surface area contributed by atoms with Gasteiger partial charge in [0.1, 0.15) is 0 Å². The first-order valence-corrected chi connectivity index (χ1v) is 4.71. The van der Waals surface area contributed by atoms with Crippen molar-refractivity contribution in [2.24, 2.45) is 5.92 Å². The lowest BCUT2D eigenvalue weighted by Gasteiger charge is -2.30. The average molecular weight is 188 g/mol. The Labute approximate surface area is 77.5 Å². The summed E-state index contributed by atoms with van der Waals surface area (Å²) >= 11 is 0. The van der Waals surface area contributed by atoms with Gasteiger partial charge in [-0.15, -0.1) is 0 Å². The molecular formula is C9H16O4. The summed E-state index contributed by atoms with van der Waals surface area (Å²) in [5.74, 6) is -0.682. The van der Waals surface area contributed by atoms with Crippen molar-refractivity contribution in [2.75, 3.05) is 13.2 Å². The lowest BCUT2D eigenvalue weighted by atomic mass is 9.81. The third-order valence-corrected chi connectivity index (χ3v) is 2.42. The number of rotatable bonds is 6. The van der Waals surface area contributed by atoms with Crippen molar-refractivity contribution in [3.63, 3.8) is 0 Å². The molecule has 1 fully saturated rings. The summed E-state index contributed by atoms with van der Waals surface area (Å²) in [6, 6.07) is 0. The van der Waals surface area contributed by atoms with Gasteiger partial charge in [-0.1, -0.05) is 6.42 Å². The number of carboxylic acid groups (broad SMARTS) is 1. The summed E-state index contributed by atoms with van der Waals surface area (Å²) in [5.41, 5.74) is 0. The second-order valence-corrected chi connectivity index (χ2v) is 3.40. The molecule has 2 N–H and O–H groups in total. The molecule has 1 aliphatic rings. The van der Waals surface area contributed by atoms with Crippen molar-refractivity contribution in [3.05, 3.63) is 0 Å². The number of carboxylic acids is 1. The van der Waals surface area contributed by atoms with Gasteiger partial charge in [0.25, 0.3) is 0 Å². The van der Waals surface area contributed by atoms with Gasteiger partial charge in [0.05, 0.1) is 0 Å². The van der Waals surface area contributed by atoms with Crippen LogP contribution in [-0.4, -0.2) is 35.5 Å². The van der Waals surface area contributed by atoms with E-state index in [-0.39, 0.29) is 12.5 Å². The van der Waals surface area contributed by atoms with E-state index < -0.39 is 12.1 Å². The Morgan fingerprint density at radius 2 is 2.23 bits per heavy atom. The highest BCUT2D eigenvalue weighted by Crippen LogP contribution is 2.31. The van der Waals surface area contributed by atoms with E-state index in [2.05, 4.69) is 0 Å². The normalized spacial score (nSPS) is 19.5. The topological polar surface area (TPSA) is 66.8 Å². The molecule has 1 atom stereocenters. The third kappa shape index (κ3) is 2.97. The molecule has 0 bridgehead atoms. The predicted molar refractivity (Wildman–Crippen MR) is 46.4 cm³/mol. The Kier molecular flexibility index (Phi) is 4.18. The molecule has 0 spiro atoms. The van der Waals surface area contributed by atoms with Crippen molar-refractivity contribution >= 4 is 5.97 Å². The predicted octanol–water partition coefficient (Wildman–Crippen LogP) is 0.639. The monoisotopic (exact) mass is 188 g/mol. The van der Waals surface area contributed by atoms with E-state index in [0.29, 0.717) is 13.0 Å². The molecule has 0 aromatic carbocycles. The van der Waals surface area contributed by atoms with Crippen LogP contribution < -0.4 is 0 Å². The average Bonchev–Trinajstić information content (AvgIpc) is 1.99. The van der Waals surface area contributed by atoms with Crippen LogP contribution in [0.15, 0.2) is 0 Å². The molecule has 0 aliphatic heterocycles. The number of aliphatic carboxylic acids is 1. The zero-order valence-electron chi connectivity index (χ0n) is 7.61. The van der Waals surface area contributed by atoms with E-state index in [1.165, 1.54) is 0 Å². The van der Waals surface area contributed by atoms with Gasteiger partial charge in [0, 0.05) is 13.2 Å². The van der Waals surface area contributed by atoms with Gasteiger partial charge in [-0.25, -0.2) is 4.79 Å². The van der Waals surface area contributed by atoms with Gasteiger partial charge in [0.15, 0.2) is 6.10 Å². The van der Waals surface area contributed by atoms with E-state index in [1.54, 1.807) is 0 Å². The minimum atomic E-state index is -0.873. The molecule has 0 heterocycles. The number of hydrogen-bond acceptors (Lipinski definition) is 3. The van der Waals surface area contributed by atoms with Crippen LogP contribution in [0, 0.1) is 5.92 Å². The molecule has 4 heteroatoms. The fourth-order valence-electron chi connectivity index (χ4n) is 1.43. The highest BCUT2D eigenvalue weighted by Gasteiger charge is 2.32. The molecule has 0 aromatic heterocycles. The minimum absolute atomic E-state index is 0.0526. The van der Waals surface area contributed by atoms with Gasteiger partial charge < -0.3 is 14.9 Å². The SMILES string of the molecule is O=C(O)C(OCCCO)C1CCC1. The molecule has 1 unspecified atom stereocenters. The van der Waals surface area contributed by atoms with Crippen LogP contribution in [0.5, 0.6) is 0 Å². The summed E-state index contributed by atoms with van der Waals surface area (Å²) in [5, 5.41) is 17.3. The maximum Gasteiger partial charge on any atom is 0.333 e. The van der Waals surface area contributed by atoms with E-state index in [4.69, 9.17) is 14.9 Å². The number of hydrogen-bond donors (Lipinski definition) is 2. The molecule has 76 valence electrons. The molecule has 0 aromatic rings. The minimum Gasteiger partial charge on any atom is -0.479 e. The number of carbonyl (C=O) groups is 1. The highest BCUT2D eigenvalue weighted by molar-refractivity contribution is 5.72. The summed E-state index contributed by atoms with van der Waals surface area (Å²) in [6.07, 6.45) is 2.88. The Morgan fingerprint density at radius 1 is 1.54 bits per heavy atom. The van der Waals surface area contributed by atoms with Gasteiger partial charge >= 0.3 is 5.97 Å². The number of aliphatic hydroxyl groups is 1. The van der Waals surface area contributed by atoms with E-state index in [0.717, 1.165) is 19.3 Å². The first-order chi connectivity index (χ1) is 6.25. The Balaban J connectivity index is 2.25. The van der Waals surface area contributed by atoms with Gasteiger partial charge in [-0.3, -0.25) is 0 Å². The molecule has 0 amide bonds. The largest absolute Gasteiger partial charge is 0.479 e.